The highest BCUT2D eigenvalue weighted by Crippen LogP contribution is 2.37. The molecule has 5 rings (SSSR count). The third-order valence-corrected chi connectivity index (χ3v) is 6.37. The van der Waals surface area contributed by atoms with Crippen LogP contribution in [0, 0.1) is 0 Å². The lowest BCUT2D eigenvalue weighted by atomic mass is 10.1. The molecule has 1 aliphatic heterocycles. The number of rotatable bonds is 6. The van der Waals surface area contributed by atoms with E-state index in [-0.39, 0.29) is 53.3 Å². The fourth-order valence-corrected chi connectivity index (χ4v) is 4.33. The molecule has 1 atom stereocenters. The molecule has 0 bridgehead atoms. The van der Waals surface area contributed by atoms with Crippen molar-refractivity contribution < 1.29 is 31.9 Å². The quantitative estimate of drug-likeness (QED) is 0.456. The van der Waals surface area contributed by atoms with Gasteiger partial charge in [-0.15, -0.1) is 0 Å². The fraction of sp³-hybridized carbons (Fsp3) is 0.417. The first-order valence-corrected chi connectivity index (χ1v) is 11.8. The first-order chi connectivity index (χ1) is 17.7. The smallest absolute Gasteiger partial charge is 0.433 e. The number of amides is 3. The molecule has 2 aromatic heterocycles. The zero-order chi connectivity index (χ0) is 26.3. The largest absolute Gasteiger partial charge is 0.494 e. The minimum absolute atomic E-state index is 0.0180. The minimum atomic E-state index is -4.63. The number of urea groups is 1. The molecule has 0 spiro atoms. The molecule has 1 saturated carbocycles. The molecular weight excluding hydrogens is 493 g/mol. The lowest BCUT2D eigenvalue weighted by Gasteiger charge is -2.16. The van der Waals surface area contributed by atoms with Gasteiger partial charge in [0.2, 0.25) is 5.89 Å². The molecule has 1 aromatic carbocycles. The van der Waals surface area contributed by atoms with Crippen LogP contribution in [0.15, 0.2) is 28.7 Å². The van der Waals surface area contributed by atoms with E-state index in [2.05, 4.69) is 20.6 Å². The van der Waals surface area contributed by atoms with Crippen molar-refractivity contribution in [3.8, 4) is 17.2 Å². The number of nitrogens with one attached hydrogen (secondary N) is 2. The highest BCUT2D eigenvalue weighted by atomic mass is 19.4. The van der Waals surface area contributed by atoms with Gasteiger partial charge in [-0.25, -0.2) is 14.8 Å². The number of aromatic nitrogens is 2. The van der Waals surface area contributed by atoms with Crippen molar-refractivity contribution in [2.24, 2.45) is 5.73 Å². The Morgan fingerprint density at radius 3 is 2.57 bits per heavy atom. The van der Waals surface area contributed by atoms with Gasteiger partial charge in [-0.05, 0) is 43.5 Å². The molecule has 1 saturated heterocycles. The van der Waals surface area contributed by atoms with E-state index in [1.807, 2.05) is 0 Å². The van der Waals surface area contributed by atoms with Gasteiger partial charge in [0.25, 0.3) is 5.91 Å². The van der Waals surface area contributed by atoms with Crippen molar-refractivity contribution in [1.82, 2.24) is 25.5 Å². The van der Waals surface area contributed by atoms with Gasteiger partial charge in [0, 0.05) is 36.1 Å². The van der Waals surface area contributed by atoms with Crippen LogP contribution in [0.3, 0.4) is 0 Å². The third-order valence-electron chi connectivity index (χ3n) is 6.37. The predicted molar refractivity (Wildman–Crippen MR) is 126 cm³/mol. The number of ether oxygens (including phenoxy) is 1. The molecule has 13 heteroatoms. The Bertz CT molecular complexity index is 1350. The molecule has 10 nitrogen and oxygen atoms in total. The number of hydrogen-bond donors (Lipinski definition) is 3. The summed E-state index contributed by atoms with van der Waals surface area (Å²) < 4.78 is 50.8. The fourth-order valence-electron chi connectivity index (χ4n) is 4.33. The SMILES string of the molecule is COc1ccc(-c2nc(C(=O)N3CC[C@@H](NC(=O)NC4CC4)C3)c(CN)o2)c2ccc(C(F)(F)F)nc12. The molecular formula is C24H25F3N6O4. The zero-order valence-corrected chi connectivity index (χ0v) is 19.9. The van der Waals surface area contributed by atoms with Gasteiger partial charge in [0.05, 0.1) is 13.7 Å². The average Bonchev–Trinajstić information content (AvgIpc) is 3.38. The van der Waals surface area contributed by atoms with E-state index in [4.69, 9.17) is 14.9 Å². The van der Waals surface area contributed by atoms with Crippen molar-refractivity contribution in [2.45, 2.75) is 44.1 Å². The summed E-state index contributed by atoms with van der Waals surface area (Å²) in [5.41, 5.74) is 5.09. The number of methoxy groups -OCH3 is 1. The summed E-state index contributed by atoms with van der Waals surface area (Å²) in [6.07, 6.45) is -2.10. The highest BCUT2D eigenvalue weighted by molar-refractivity contribution is 5.98. The van der Waals surface area contributed by atoms with Crippen molar-refractivity contribution >= 4 is 22.8 Å². The maximum Gasteiger partial charge on any atom is 0.433 e. The van der Waals surface area contributed by atoms with Crippen molar-refractivity contribution in [1.29, 1.82) is 0 Å². The number of nitrogens with two attached hydrogens (primary N) is 1. The topological polar surface area (TPSA) is 136 Å². The number of alkyl halides is 3. The van der Waals surface area contributed by atoms with E-state index in [0.29, 0.717) is 30.5 Å². The summed E-state index contributed by atoms with van der Waals surface area (Å²) in [5, 5.41) is 6.05. The molecule has 3 amide bonds. The van der Waals surface area contributed by atoms with Gasteiger partial charge in [-0.2, -0.15) is 13.2 Å². The Balaban J connectivity index is 1.41. The highest BCUT2D eigenvalue weighted by Gasteiger charge is 2.34. The van der Waals surface area contributed by atoms with Crippen molar-refractivity contribution in [2.75, 3.05) is 20.2 Å². The molecule has 2 fully saturated rings. The summed E-state index contributed by atoms with van der Waals surface area (Å²) >= 11 is 0. The Hall–Kier alpha value is -3.87. The number of carbonyl (C=O) groups is 2. The van der Waals surface area contributed by atoms with Gasteiger partial charge in [-0.1, -0.05) is 0 Å². The van der Waals surface area contributed by atoms with Gasteiger partial charge >= 0.3 is 12.2 Å². The van der Waals surface area contributed by atoms with Crippen LogP contribution in [0.25, 0.3) is 22.4 Å². The predicted octanol–water partition coefficient (Wildman–Crippen LogP) is 3.05. The Kier molecular flexibility index (Phi) is 6.40. The van der Waals surface area contributed by atoms with Crippen LogP contribution >= 0.6 is 0 Å². The van der Waals surface area contributed by atoms with E-state index in [9.17, 15) is 22.8 Å². The second kappa shape index (κ2) is 9.54. The van der Waals surface area contributed by atoms with Crippen LogP contribution in [0.1, 0.15) is 41.2 Å². The monoisotopic (exact) mass is 518 g/mol. The molecule has 3 heterocycles. The molecule has 4 N–H and O–H groups in total. The number of halogens is 3. The van der Waals surface area contributed by atoms with Crippen LogP contribution in [0.2, 0.25) is 0 Å². The Labute approximate surface area is 209 Å². The minimum Gasteiger partial charge on any atom is -0.494 e. The molecule has 0 unspecified atom stereocenters. The molecule has 196 valence electrons. The lowest BCUT2D eigenvalue weighted by molar-refractivity contribution is -0.140. The Morgan fingerprint density at radius 1 is 1.14 bits per heavy atom. The lowest BCUT2D eigenvalue weighted by Crippen LogP contribution is -2.44. The number of benzene rings is 1. The van der Waals surface area contributed by atoms with E-state index in [1.54, 1.807) is 11.0 Å². The number of likely N-dealkylation sites (tertiary alicyclic amines) is 1. The maximum atomic E-state index is 13.3. The maximum absolute atomic E-state index is 13.3. The van der Waals surface area contributed by atoms with E-state index in [1.165, 1.54) is 19.2 Å². The molecule has 37 heavy (non-hydrogen) atoms. The normalized spacial score (nSPS) is 17.8. The molecule has 1 aliphatic carbocycles. The first kappa shape index (κ1) is 24.8. The van der Waals surface area contributed by atoms with Crippen LogP contribution in [-0.2, 0) is 12.7 Å². The summed E-state index contributed by atoms with van der Waals surface area (Å²) in [6.45, 7) is 0.603. The van der Waals surface area contributed by atoms with Crippen LogP contribution in [0.4, 0.5) is 18.0 Å². The summed E-state index contributed by atoms with van der Waals surface area (Å²) in [4.78, 5) is 35.0. The van der Waals surface area contributed by atoms with Crippen LogP contribution in [0.5, 0.6) is 5.75 Å². The van der Waals surface area contributed by atoms with E-state index < -0.39 is 17.8 Å². The number of nitrogens with zero attached hydrogens (tertiary/aromatic N) is 3. The summed E-state index contributed by atoms with van der Waals surface area (Å²) in [6, 6.07) is 4.94. The van der Waals surface area contributed by atoms with Crippen LogP contribution < -0.4 is 21.1 Å². The molecule has 3 aromatic rings. The van der Waals surface area contributed by atoms with E-state index >= 15 is 0 Å². The summed E-state index contributed by atoms with van der Waals surface area (Å²) in [7, 11) is 1.33. The standard InChI is InChI=1S/C24H25F3N6O4/c1-36-16-6-4-15(14-5-7-18(24(25,26)27)31-19(14)16)21-32-20(17(10-28)37-21)22(34)33-9-8-13(11-33)30-23(35)29-12-2-3-12/h4-7,12-13H,2-3,8-11,28H2,1H3,(H2,29,30,35)/t13-/m1/s1. The van der Waals surface area contributed by atoms with Gasteiger partial charge in [0.15, 0.2) is 11.5 Å². The van der Waals surface area contributed by atoms with Gasteiger partial charge in [-0.3, -0.25) is 4.79 Å². The second-order valence-corrected chi connectivity index (χ2v) is 9.03. The molecule has 2 aliphatic rings. The summed E-state index contributed by atoms with van der Waals surface area (Å²) in [5.74, 6) is -0.0897. The van der Waals surface area contributed by atoms with Gasteiger partial charge < -0.3 is 30.4 Å². The van der Waals surface area contributed by atoms with Crippen LogP contribution in [-0.4, -0.2) is 59.1 Å². The first-order valence-electron chi connectivity index (χ1n) is 11.8. The number of oxazole rings is 1. The number of carbonyl (C=O) groups excluding carboxylic acids is 2. The Morgan fingerprint density at radius 2 is 1.89 bits per heavy atom. The van der Waals surface area contributed by atoms with E-state index in [0.717, 1.165) is 18.9 Å². The van der Waals surface area contributed by atoms with Crippen molar-refractivity contribution in [3.63, 3.8) is 0 Å². The zero-order valence-electron chi connectivity index (χ0n) is 19.9. The third kappa shape index (κ3) is 5.03. The second-order valence-electron chi connectivity index (χ2n) is 9.03. The van der Waals surface area contributed by atoms with Gasteiger partial charge in [0.1, 0.15) is 17.0 Å². The average molecular weight is 518 g/mol. The number of fused-ring (bicyclic) bond motifs is 1. The molecule has 0 radical (unpaired) electrons. The number of hydrogen-bond acceptors (Lipinski definition) is 7. The van der Waals surface area contributed by atoms with Crippen molar-refractivity contribution in [3.05, 3.63) is 41.4 Å². The number of pyridine rings is 1.